The fourth-order valence-corrected chi connectivity index (χ4v) is 2.08. The molecule has 2 heteroatoms. The van der Waals surface area contributed by atoms with Crippen molar-refractivity contribution in [1.29, 1.82) is 0 Å². The Labute approximate surface area is 90.7 Å². The molecule has 1 atom stereocenters. The Morgan fingerprint density at radius 1 is 1.33 bits per heavy atom. The minimum atomic E-state index is 0.157. The monoisotopic (exact) mass is 203 g/mol. The Morgan fingerprint density at radius 3 is 2.80 bits per heavy atom. The third kappa shape index (κ3) is 1.90. The standard InChI is InChI=1S/C13H17NO/c1-9(14)10-6-7-12-11(8-10)4-3-5-13(12)15-2/h3-5,8-9H,6-7,14H2,1-2H3. The van der Waals surface area contributed by atoms with Gasteiger partial charge in [-0.15, -0.1) is 0 Å². The first-order chi connectivity index (χ1) is 7.22. The number of hydrogen-bond acceptors (Lipinski definition) is 2. The summed E-state index contributed by atoms with van der Waals surface area (Å²) in [7, 11) is 1.72. The molecule has 2 N–H and O–H groups in total. The lowest BCUT2D eigenvalue weighted by Crippen LogP contribution is -2.20. The molecule has 2 nitrogen and oxygen atoms in total. The van der Waals surface area contributed by atoms with Crippen molar-refractivity contribution in [3.05, 3.63) is 34.9 Å². The van der Waals surface area contributed by atoms with E-state index in [-0.39, 0.29) is 6.04 Å². The van der Waals surface area contributed by atoms with Crippen LogP contribution in [-0.2, 0) is 6.42 Å². The van der Waals surface area contributed by atoms with Gasteiger partial charge in [0.2, 0.25) is 0 Å². The average molecular weight is 203 g/mol. The molecular formula is C13H17NO. The molecule has 1 aromatic rings. The lowest BCUT2D eigenvalue weighted by molar-refractivity contribution is 0.409. The molecule has 0 aliphatic heterocycles. The normalized spacial score (nSPS) is 16.6. The zero-order chi connectivity index (χ0) is 10.8. The largest absolute Gasteiger partial charge is 0.496 e. The first-order valence-electron chi connectivity index (χ1n) is 5.34. The number of rotatable bonds is 2. The van der Waals surface area contributed by atoms with Gasteiger partial charge in [-0.1, -0.05) is 23.8 Å². The van der Waals surface area contributed by atoms with E-state index in [1.165, 1.54) is 16.7 Å². The molecule has 0 aromatic heterocycles. The number of nitrogens with two attached hydrogens (primary N) is 1. The van der Waals surface area contributed by atoms with Crippen molar-refractivity contribution < 1.29 is 4.74 Å². The topological polar surface area (TPSA) is 35.2 Å². The second-order valence-corrected chi connectivity index (χ2v) is 4.04. The zero-order valence-electron chi connectivity index (χ0n) is 9.29. The zero-order valence-corrected chi connectivity index (χ0v) is 9.29. The van der Waals surface area contributed by atoms with Crippen LogP contribution in [0.3, 0.4) is 0 Å². The number of methoxy groups -OCH3 is 1. The van der Waals surface area contributed by atoms with Crippen molar-refractivity contribution >= 4 is 6.08 Å². The number of fused-ring (bicyclic) bond motifs is 1. The maximum absolute atomic E-state index is 5.90. The fraction of sp³-hybridized carbons (Fsp3) is 0.385. The molecular weight excluding hydrogens is 186 g/mol. The van der Waals surface area contributed by atoms with E-state index in [1.807, 2.05) is 19.1 Å². The maximum Gasteiger partial charge on any atom is 0.122 e. The molecule has 80 valence electrons. The van der Waals surface area contributed by atoms with E-state index in [9.17, 15) is 0 Å². The summed E-state index contributed by atoms with van der Waals surface area (Å²) in [6.07, 6.45) is 4.28. The Hall–Kier alpha value is -1.28. The van der Waals surface area contributed by atoms with E-state index < -0.39 is 0 Å². The molecule has 0 radical (unpaired) electrons. The van der Waals surface area contributed by atoms with Crippen LogP contribution in [0.15, 0.2) is 23.8 Å². The molecule has 1 aliphatic carbocycles. The summed E-state index contributed by atoms with van der Waals surface area (Å²) in [5.74, 6) is 0.993. The van der Waals surface area contributed by atoms with Crippen molar-refractivity contribution in [2.24, 2.45) is 5.73 Å². The molecule has 1 unspecified atom stereocenters. The van der Waals surface area contributed by atoms with Crippen LogP contribution in [0.5, 0.6) is 5.75 Å². The minimum absolute atomic E-state index is 0.157. The van der Waals surface area contributed by atoms with Crippen LogP contribution in [0, 0.1) is 0 Å². The number of ether oxygens (including phenoxy) is 1. The fourth-order valence-electron chi connectivity index (χ4n) is 2.08. The van der Waals surface area contributed by atoms with Crippen LogP contribution in [0.1, 0.15) is 24.5 Å². The van der Waals surface area contributed by atoms with Crippen LogP contribution in [0.2, 0.25) is 0 Å². The van der Waals surface area contributed by atoms with E-state index >= 15 is 0 Å². The van der Waals surface area contributed by atoms with Gasteiger partial charge in [-0.2, -0.15) is 0 Å². The van der Waals surface area contributed by atoms with Gasteiger partial charge >= 0.3 is 0 Å². The molecule has 0 fully saturated rings. The first-order valence-corrected chi connectivity index (χ1v) is 5.34. The quantitative estimate of drug-likeness (QED) is 0.801. The van der Waals surface area contributed by atoms with Crippen molar-refractivity contribution in [3.63, 3.8) is 0 Å². The molecule has 1 aromatic carbocycles. The van der Waals surface area contributed by atoms with Gasteiger partial charge in [0.1, 0.15) is 5.75 Å². The van der Waals surface area contributed by atoms with E-state index in [4.69, 9.17) is 10.5 Å². The summed E-state index contributed by atoms with van der Waals surface area (Å²) in [6.45, 7) is 2.04. The molecule has 0 heterocycles. The van der Waals surface area contributed by atoms with Crippen LogP contribution >= 0.6 is 0 Å². The lowest BCUT2D eigenvalue weighted by Gasteiger charge is -2.20. The molecule has 15 heavy (non-hydrogen) atoms. The van der Waals surface area contributed by atoms with Gasteiger partial charge in [0.25, 0.3) is 0 Å². The van der Waals surface area contributed by atoms with Gasteiger partial charge in [0.05, 0.1) is 7.11 Å². The summed E-state index contributed by atoms with van der Waals surface area (Å²) >= 11 is 0. The summed E-state index contributed by atoms with van der Waals surface area (Å²) in [5, 5.41) is 0. The number of hydrogen-bond donors (Lipinski definition) is 1. The Morgan fingerprint density at radius 2 is 2.13 bits per heavy atom. The van der Waals surface area contributed by atoms with Crippen LogP contribution in [0.4, 0.5) is 0 Å². The SMILES string of the molecule is COc1cccc2c1CCC(C(C)N)=C2. The van der Waals surface area contributed by atoms with Crippen LogP contribution < -0.4 is 10.5 Å². The molecule has 0 saturated carbocycles. The second-order valence-electron chi connectivity index (χ2n) is 4.04. The molecule has 2 rings (SSSR count). The highest BCUT2D eigenvalue weighted by atomic mass is 16.5. The molecule has 0 amide bonds. The highest BCUT2D eigenvalue weighted by Gasteiger charge is 2.15. The van der Waals surface area contributed by atoms with Gasteiger partial charge in [0.15, 0.2) is 0 Å². The highest BCUT2D eigenvalue weighted by molar-refractivity contribution is 5.63. The third-order valence-corrected chi connectivity index (χ3v) is 2.98. The summed E-state index contributed by atoms with van der Waals surface area (Å²) < 4.78 is 5.35. The predicted molar refractivity (Wildman–Crippen MR) is 62.9 cm³/mol. The Balaban J connectivity index is 2.43. The Bertz CT molecular complexity index is 394. The maximum atomic E-state index is 5.90. The summed E-state index contributed by atoms with van der Waals surface area (Å²) in [6, 6.07) is 6.32. The van der Waals surface area contributed by atoms with Gasteiger partial charge in [0, 0.05) is 11.6 Å². The van der Waals surface area contributed by atoms with Crippen LogP contribution in [-0.4, -0.2) is 13.2 Å². The van der Waals surface area contributed by atoms with Gasteiger partial charge in [-0.05, 0) is 31.4 Å². The second kappa shape index (κ2) is 4.07. The molecule has 0 saturated heterocycles. The summed E-state index contributed by atoms with van der Waals surface area (Å²) in [5.41, 5.74) is 9.79. The van der Waals surface area contributed by atoms with Crippen molar-refractivity contribution in [2.45, 2.75) is 25.8 Å². The van der Waals surface area contributed by atoms with Crippen molar-refractivity contribution in [2.75, 3.05) is 7.11 Å². The van der Waals surface area contributed by atoms with E-state index in [2.05, 4.69) is 12.1 Å². The number of benzene rings is 1. The average Bonchev–Trinajstić information content (AvgIpc) is 2.27. The third-order valence-electron chi connectivity index (χ3n) is 2.98. The molecule has 1 aliphatic rings. The Kier molecular flexibility index (Phi) is 2.78. The molecule has 0 spiro atoms. The predicted octanol–water partition coefficient (Wildman–Crippen LogP) is 2.37. The van der Waals surface area contributed by atoms with E-state index in [1.54, 1.807) is 7.11 Å². The van der Waals surface area contributed by atoms with Gasteiger partial charge in [-0.3, -0.25) is 0 Å². The lowest BCUT2D eigenvalue weighted by atomic mass is 9.89. The first kappa shape index (κ1) is 10.2. The minimum Gasteiger partial charge on any atom is -0.496 e. The molecule has 0 bridgehead atoms. The highest BCUT2D eigenvalue weighted by Crippen LogP contribution is 2.31. The van der Waals surface area contributed by atoms with Gasteiger partial charge < -0.3 is 10.5 Å². The van der Waals surface area contributed by atoms with Crippen LogP contribution in [0.25, 0.3) is 6.08 Å². The van der Waals surface area contributed by atoms with Crippen molar-refractivity contribution in [1.82, 2.24) is 0 Å². The summed E-state index contributed by atoms with van der Waals surface area (Å²) in [4.78, 5) is 0. The van der Waals surface area contributed by atoms with E-state index in [0.717, 1.165) is 18.6 Å². The van der Waals surface area contributed by atoms with Gasteiger partial charge in [-0.25, -0.2) is 0 Å². The smallest absolute Gasteiger partial charge is 0.122 e. The van der Waals surface area contributed by atoms with Crippen molar-refractivity contribution in [3.8, 4) is 5.75 Å². The van der Waals surface area contributed by atoms with E-state index in [0.29, 0.717) is 0 Å².